The third-order valence-electron chi connectivity index (χ3n) is 3.76. The number of nitrogens with zero attached hydrogens (tertiary/aromatic N) is 2. The Kier molecular flexibility index (Phi) is 6.11. The van der Waals surface area contributed by atoms with Gasteiger partial charge in [0, 0.05) is 31.8 Å². The zero-order valence-corrected chi connectivity index (χ0v) is 13.6. The zero-order valence-electron chi connectivity index (χ0n) is 13.6. The lowest BCUT2D eigenvalue weighted by Gasteiger charge is -2.20. The van der Waals surface area contributed by atoms with E-state index in [9.17, 15) is 19.7 Å². The third kappa shape index (κ3) is 4.43. The van der Waals surface area contributed by atoms with Crippen LogP contribution in [0.5, 0.6) is 0 Å². The molecule has 0 atom stereocenters. The van der Waals surface area contributed by atoms with E-state index in [1.54, 1.807) is 6.07 Å². The van der Waals surface area contributed by atoms with Crippen LogP contribution in [0.4, 0.5) is 11.4 Å². The van der Waals surface area contributed by atoms with Crippen LogP contribution in [0.2, 0.25) is 0 Å². The molecule has 0 bridgehead atoms. The predicted molar refractivity (Wildman–Crippen MR) is 88.1 cm³/mol. The van der Waals surface area contributed by atoms with Crippen molar-refractivity contribution in [1.29, 1.82) is 0 Å². The lowest BCUT2D eigenvalue weighted by molar-refractivity contribution is -0.384. The van der Waals surface area contributed by atoms with Crippen molar-refractivity contribution in [2.24, 2.45) is 0 Å². The molecule has 8 heteroatoms. The topological polar surface area (TPSA) is 102 Å². The Hall–Kier alpha value is -2.64. The smallest absolute Gasteiger partial charge is 0.341 e. The molecule has 24 heavy (non-hydrogen) atoms. The molecule has 130 valence electrons. The van der Waals surface area contributed by atoms with Gasteiger partial charge in [0.25, 0.3) is 11.6 Å². The maximum Gasteiger partial charge on any atom is 0.341 e. The minimum absolute atomic E-state index is 0.120. The van der Waals surface area contributed by atoms with Gasteiger partial charge < -0.3 is 15.0 Å². The van der Waals surface area contributed by atoms with Crippen LogP contribution in [0.25, 0.3) is 0 Å². The quantitative estimate of drug-likeness (QED) is 0.464. The zero-order chi connectivity index (χ0) is 17.5. The number of anilines is 1. The Morgan fingerprint density at radius 1 is 1.33 bits per heavy atom. The van der Waals surface area contributed by atoms with E-state index in [-0.39, 0.29) is 11.3 Å². The van der Waals surface area contributed by atoms with Gasteiger partial charge in [-0.05, 0) is 25.3 Å². The van der Waals surface area contributed by atoms with E-state index in [0.29, 0.717) is 12.2 Å². The first-order valence-electron chi connectivity index (χ1n) is 8.00. The van der Waals surface area contributed by atoms with Crippen LogP contribution in [0.1, 0.15) is 36.5 Å². The van der Waals surface area contributed by atoms with E-state index >= 15 is 0 Å². The molecular weight excluding hydrogens is 314 g/mol. The molecule has 8 nitrogen and oxygen atoms in total. The molecule has 1 aliphatic heterocycles. The second-order valence-corrected chi connectivity index (χ2v) is 5.58. The van der Waals surface area contributed by atoms with Crippen LogP contribution in [0, 0.1) is 10.1 Å². The van der Waals surface area contributed by atoms with Gasteiger partial charge in [-0.15, -0.1) is 0 Å². The SMILES string of the molecule is CCCNC(=O)COC(=O)c1cc([N+](=O)[O-])ccc1N1CCCC1. The molecule has 1 amide bonds. The highest BCUT2D eigenvalue weighted by Crippen LogP contribution is 2.28. The normalized spacial score (nSPS) is 13.6. The fraction of sp³-hybridized carbons (Fsp3) is 0.500. The lowest BCUT2D eigenvalue weighted by Crippen LogP contribution is -2.29. The molecule has 1 aliphatic rings. The molecule has 0 aromatic heterocycles. The number of hydrogen-bond donors (Lipinski definition) is 1. The first kappa shape index (κ1) is 17.7. The van der Waals surface area contributed by atoms with Gasteiger partial charge >= 0.3 is 5.97 Å². The molecule has 1 aromatic rings. The highest BCUT2D eigenvalue weighted by molar-refractivity contribution is 5.97. The third-order valence-corrected chi connectivity index (χ3v) is 3.76. The molecule has 1 aromatic carbocycles. The van der Waals surface area contributed by atoms with Crippen LogP contribution in [-0.4, -0.2) is 43.0 Å². The molecular formula is C16H21N3O5. The minimum atomic E-state index is -0.729. The van der Waals surface area contributed by atoms with Crippen molar-refractivity contribution in [3.63, 3.8) is 0 Å². The molecule has 0 saturated carbocycles. The molecule has 2 rings (SSSR count). The molecule has 1 fully saturated rings. The summed E-state index contributed by atoms with van der Waals surface area (Å²) < 4.78 is 5.02. The monoisotopic (exact) mass is 335 g/mol. The second-order valence-electron chi connectivity index (χ2n) is 5.58. The summed E-state index contributed by atoms with van der Waals surface area (Å²) in [6.45, 7) is 3.59. The number of amides is 1. The van der Waals surface area contributed by atoms with Crippen LogP contribution >= 0.6 is 0 Å². The minimum Gasteiger partial charge on any atom is -0.452 e. The van der Waals surface area contributed by atoms with Gasteiger partial charge in [0.2, 0.25) is 0 Å². The summed E-state index contributed by atoms with van der Waals surface area (Å²) in [4.78, 5) is 36.3. The van der Waals surface area contributed by atoms with Crippen molar-refractivity contribution >= 4 is 23.3 Å². The van der Waals surface area contributed by atoms with Gasteiger partial charge in [0.05, 0.1) is 16.2 Å². The predicted octanol–water partition coefficient (Wildman–Crippen LogP) is 1.88. The van der Waals surface area contributed by atoms with Gasteiger partial charge in [0.15, 0.2) is 6.61 Å². The summed E-state index contributed by atoms with van der Waals surface area (Å²) in [5, 5.41) is 13.6. The van der Waals surface area contributed by atoms with Crippen molar-refractivity contribution < 1.29 is 19.2 Å². The van der Waals surface area contributed by atoms with Gasteiger partial charge in [0.1, 0.15) is 0 Å². The van der Waals surface area contributed by atoms with Crippen molar-refractivity contribution in [1.82, 2.24) is 5.32 Å². The number of hydrogen-bond acceptors (Lipinski definition) is 6. The average Bonchev–Trinajstić information content (AvgIpc) is 3.11. The standard InChI is InChI=1S/C16H21N3O5/c1-2-7-17-15(20)11-24-16(21)13-10-12(19(22)23)5-6-14(13)18-8-3-4-9-18/h5-6,10H,2-4,7-9,11H2,1H3,(H,17,20). The van der Waals surface area contributed by atoms with Crippen molar-refractivity contribution in [2.75, 3.05) is 31.1 Å². The van der Waals surface area contributed by atoms with E-state index < -0.39 is 23.4 Å². The van der Waals surface area contributed by atoms with E-state index in [0.717, 1.165) is 32.4 Å². The Bertz CT molecular complexity index is 626. The number of ether oxygens (including phenoxy) is 1. The Morgan fingerprint density at radius 2 is 2.04 bits per heavy atom. The Labute approximate surface area is 139 Å². The van der Waals surface area contributed by atoms with Crippen LogP contribution in [-0.2, 0) is 9.53 Å². The van der Waals surface area contributed by atoms with Crippen LogP contribution in [0.3, 0.4) is 0 Å². The number of carbonyl (C=O) groups is 2. The molecule has 0 aliphatic carbocycles. The summed E-state index contributed by atoms with van der Waals surface area (Å²) in [6, 6.07) is 4.15. The van der Waals surface area contributed by atoms with E-state index in [1.165, 1.54) is 12.1 Å². The molecule has 1 N–H and O–H groups in total. The maximum absolute atomic E-state index is 12.3. The van der Waals surface area contributed by atoms with E-state index in [2.05, 4.69) is 5.32 Å². The van der Waals surface area contributed by atoms with Crippen molar-refractivity contribution in [3.8, 4) is 0 Å². The summed E-state index contributed by atoms with van der Waals surface area (Å²) in [7, 11) is 0. The second kappa shape index (κ2) is 8.28. The first-order valence-corrected chi connectivity index (χ1v) is 8.00. The van der Waals surface area contributed by atoms with E-state index in [1.807, 2.05) is 11.8 Å². The molecule has 0 unspecified atom stereocenters. The Morgan fingerprint density at radius 3 is 2.67 bits per heavy atom. The number of non-ortho nitro benzene ring substituents is 1. The fourth-order valence-electron chi connectivity index (χ4n) is 2.56. The van der Waals surface area contributed by atoms with Gasteiger partial charge in [-0.2, -0.15) is 0 Å². The number of esters is 1. The number of rotatable bonds is 7. The highest BCUT2D eigenvalue weighted by Gasteiger charge is 2.23. The molecule has 0 spiro atoms. The maximum atomic E-state index is 12.3. The molecule has 1 heterocycles. The summed E-state index contributed by atoms with van der Waals surface area (Å²) in [5.41, 5.74) is 0.548. The number of nitrogens with one attached hydrogen (secondary N) is 1. The average molecular weight is 335 g/mol. The Balaban J connectivity index is 2.15. The fourth-order valence-corrected chi connectivity index (χ4v) is 2.56. The molecule has 1 saturated heterocycles. The van der Waals surface area contributed by atoms with Gasteiger partial charge in [-0.25, -0.2) is 4.79 Å². The van der Waals surface area contributed by atoms with Gasteiger partial charge in [-0.1, -0.05) is 6.92 Å². The summed E-state index contributed by atoms with van der Waals surface area (Å²) in [6.07, 6.45) is 2.79. The van der Waals surface area contributed by atoms with Crippen LogP contribution in [0.15, 0.2) is 18.2 Å². The van der Waals surface area contributed by atoms with Crippen molar-refractivity contribution in [3.05, 3.63) is 33.9 Å². The van der Waals surface area contributed by atoms with E-state index in [4.69, 9.17) is 4.74 Å². The lowest BCUT2D eigenvalue weighted by atomic mass is 10.1. The number of nitro groups is 1. The van der Waals surface area contributed by atoms with Crippen LogP contribution < -0.4 is 10.2 Å². The van der Waals surface area contributed by atoms with Crippen molar-refractivity contribution in [2.45, 2.75) is 26.2 Å². The summed E-state index contributed by atoms with van der Waals surface area (Å²) >= 11 is 0. The first-order chi connectivity index (χ1) is 11.5. The molecule has 0 radical (unpaired) electrons. The van der Waals surface area contributed by atoms with Gasteiger partial charge in [-0.3, -0.25) is 14.9 Å². The number of nitro benzene ring substituents is 1. The largest absolute Gasteiger partial charge is 0.452 e. The number of carbonyl (C=O) groups excluding carboxylic acids is 2. The highest BCUT2D eigenvalue weighted by atomic mass is 16.6. The number of benzene rings is 1. The summed E-state index contributed by atoms with van der Waals surface area (Å²) in [5.74, 6) is -1.12.